The van der Waals surface area contributed by atoms with E-state index in [9.17, 15) is 8.42 Å². The third kappa shape index (κ3) is 3.33. The summed E-state index contributed by atoms with van der Waals surface area (Å²) in [5, 5.41) is 10.8. The second kappa shape index (κ2) is 7.00. The van der Waals surface area contributed by atoms with Gasteiger partial charge in [0.05, 0.1) is 6.61 Å². The molecule has 0 aromatic carbocycles. The number of aliphatic hydroxyl groups is 1. The van der Waals surface area contributed by atoms with Gasteiger partial charge in [-0.25, -0.2) is 8.42 Å². The summed E-state index contributed by atoms with van der Waals surface area (Å²) in [7, 11) is -3.53. The van der Waals surface area contributed by atoms with Gasteiger partial charge in [-0.1, -0.05) is 13.8 Å². The highest BCUT2D eigenvalue weighted by atomic mass is 79.9. The fourth-order valence-corrected chi connectivity index (χ4v) is 6.05. The van der Waals surface area contributed by atoms with E-state index in [0.29, 0.717) is 8.68 Å². The number of halogens is 1. The minimum Gasteiger partial charge on any atom is -0.395 e. The lowest BCUT2D eigenvalue weighted by Crippen LogP contribution is -2.41. The molecule has 0 saturated heterocycles. The van der Waals surface area contributed by atoms with Crippen molar-refractivity contribution < 1.29 is 13.5 Å². The highest BCUT2D eigenvalue weighted by molar-refractivity contribution is 9.10. The first-order chi connectivity index (χ1) is 8.48. The van der Waals surface area contributed by atoms with Crippen LogP contribution in [0.5, 0.6) is 0 Å². The molecule has 0 saturated carbocycles. The maximum atomic E-state index is 12.6. The van der Waals surface area contributed by atoms with Crippen molar-refractivity contribution in [1.82, 2.24) is 4.31 Å². The molecule has 0 aliphatic heterocycles. The van der Waals surface area contributed by atoms with E-state index in [2.05, 4.69) is 15.9 Å². The molecule has 1 heterocycles. The lowest BCUT2D eigenvalue weighted by atomic mass is 10.2. The van der Waals surface area contributed by atoms with Crippen molar-refractivity contribution in [2.24, 2.45) is 0 Å². The fourth-order valence-electron chi connectivity index (χ4n) is 1.86. The molecular formula is C11H18BrNO3S2. The van der Waals surface area contributed by atoms with Crippen LogP contribution in [0.1, 0.15) is 26.7 Å². The van der Waals surface area contributed by atoms with Crippen molar-refractivity contribution in [2.45, 2.75) is 36.9 Å². The molecule has 1 aromatic heterocycles. The SMILES string of the molecule is CCC(CC)N(CCO)S(=O)(=O)c1sccc1Br. The number of hydrogen-bond donors (Lipinski definition) is 1. The number of hydrogen-bond acceptors (Lipinski definition) is 4. The fraction of sp³-hybridized carbons (Fsp3) is 0.636. The standard InChI is InChI=1S/C11H18BrNO3S2/c1-3-9(4-2)13(6-7-14)18(15,16)11-10(12)5-8-17-11/h5,8-9,14H,3-4,6-7H2,1-2H3. The van der Waals surface area contributed by atoms with Crippen LogP contribution in [-0.2, 0) is 10.0 Å². The van der Waals surface area contributed by atoms with Crippen LogP contribution in [0.3, 0.4) is 0 Å². The highest BCUT2D eigenvalue weighted by Gasteiger charge is 2.31. The molecule has 7 heteroatoms. The van der Waals surface area contributed by atoms with Crippen LogP contribution in [0, 0.1) is 0 Å². The van der Waals surface area contributed by atoms with Gasteiger partial charge in [0.1, 0.15) is 4.21 Å². The van der Waals surface area contributed by atoms with Crippen LogP contribution in [0.2, 0.25) is 0 Å². The molecule has 1 aromatic rings. The average Bonchev–Trinajstić information content (AvgIpc) is 2.76. The van der Waals surface area contributed by atoms with Gasteiger partial charge in [0, 0.05) is 17.1 Å². The minimum atomic E-state index is -3.53. The largest absolute Gasteiger partial charge is 0.395 e. The van der Waals surface area contributed by atoms with E-state index in [1.807, 2.05) is 13.8 Å². The zero-order valence-corrected chi connectivity index (χ0v) is 13.7. The van der Waals surface area contributed by atoms with E-state index in [1.54, 1.807) is 11.4 Å². The van der Waals surface area contributed by atoms with Crippen molar-refractivity contribution in [1.29, 1.82) is 0 Å². The molecule has 0 atom stereocenters. The van der Waals surface area contributed by atoms with Crippen molar-refractivity contribution in [3.05, 3.63) is 15.9 Å². The predicted octanol–water partition coefficient (Wildman–Crippen LogP) is 2.68. The van der Waals surface area contributed by atoms with E-state index in [4.69, 9.17) is 5.11 Å². The van der Waals surface area contributed by atoms with E-state index in [1.165, 1.54) is 15.6 Å². The van der Waals surface area contributed by atoms with Gasteiger partial charge < -0.3 is 5.11 Å². The van der Waals surface area contributed by atoms with Gasteiger partial charge in [-0.05, 0) is 40.2 Å². The summed E-state index contributed by atoms with van der Waals surface area (Å²) in [4.78, 5) is 0. The Bertz CT molecular complexity index is 468. The molecule has 0 fully saturated rings. The Labute approximate surface area is 121 Å². The van der Waals surface area contributed by atoms with Gasteiger partial charge in [-0.3, -0.25) is 0 Å². The number of rotatable bonds is 7. The third-order valence-electron chi connectivity index (χ3n) is 2.80. The van der Waals surface area contributed by atoms with Crippen LogP contribution in [0.15, 0.2) is 20.1 Å². The minimum absolute atomic E-state index is 0.0730. The molecule has 0 bridgehead atoms. The quantitative estimate of drug-likeness (QED) is 0.817. The van der Waals surface area contributed by atoms with Crippen LogP contribution in [-0.4, -0.2) is 37.0 Å². The molecule has 1 N–H and O–H groups in total. The molecule has 1 rings (SSSR count). The van der Waals surface area contributed by atoms with Crippen LogP contribution < -0.4 is 0 Å². The first-order valence-corrected chi connectivity index (χ1v) is 8.95. The summed E-state index contributed by atoms with van der Waals surface area (Å²) >= 11 is 4.45. The Hall–Kier alpha value is 0.0500. The molecule has 0 aliphatic carbocycles. The molecule has 0 radical (unpaired) electrons. The third-order valence-corrected chi connectivity index (χ3v) is 7.40. The topological polar surface area (TPSA) is 57.6 Å². The molecule has 0 spiro atoms. The van der Waals surface area contributed by atoms with Crippen LogP contribution in [0.25, 0.3) is 0 Å². The van der Waals surface area contributed by atoms with E-state index in [0.717, 1.165) is 12.8 Å². The molecular weight excluding hydrogens is 338 g/mol. The number of sulfonamides is 1. The van der Waals surface area contributed by atoms with Gasteiger partial charge in [0.25, 0.3) is 10.0 Å². The summed E-state index contributed by atoms with van der Waals surface area (Å²) in [6, 6.07) is 1.65. The van der Waals surface area contributed by atoms with Gasteiger partial charge in [-0.15, -0.1) is 11.3 Å². The Morgan fingerprint density at radius 3 is 2.44 bits per heavy atom. The summed E-state index contributed by atoms with van der Waals surface area (Å²) < 4.78 is 27.4. The summed E-state index contributed by atoms with van der Waals surface area (Å²) in [6.45, 7) is 3.88. The second-order valence-corrected chi connectivity index (χ2v) is 7.72. The first kappa shape index (κ1) is 16.1. The van der Waals surface area contributed by atoms with Crippen molar-refractivity contribution in [3.8, 4) is 0 Å². The lowest BCUT2D eigenvalue weighted by Gasteiger charge is -2.28. The Morgan fingerprint density at radius 2 is 2.06 bits per heavy atom. The monoisotopic (exact) mass is 355 g/mol. The van der Waals surface area contributed by atoms with Gasteiger partial charge >= 0.3 is 0 Å². The predicted molar refractivity (Wildman–Crippen MR) is 77.4 cm³/mol. The van der Waals surface area contributed by atoms with Crippen molar-refractivity contribution in [2.75, 3.05) is 13.2 Å². The van der Waals surface area contributed by atoms with E-state index in [-0.39, 0.29) is 19.2 Å². The van der Waals surface area contributed by atoms with Crippen LogP contribution >= 0.6 is 27.3 Å². The Morgan fingerprint density at radius 1 is 1.44 bits per heavy atom. The van der Waals surface area contributed by atoms with Crippen molar-refractivity contribution in [3.63, 3.8) is 0 Å². The number of aliphatic hydroxyl groups excluding tert-OH is 1. The first-order valence-electron chi connectivity index (χ1n) is 5.84. The number of nitrogens with zero attached hydrogens (tertiary/aromatic N) is 1. The molecule has 0 unspecified atom stereocenters. The smallest absolute Gasteiger partial charge is 0.254 e. The van der Waals surface area contributed by atoms with Crippen LogP contribution in [0.4, 0.5) is 0 Å². The van der Waals surface area contributed by atoms with E-state index >= 15 is 0 Å². The second-order valence-electron chi connectivity index (χ2n) is 3.87. The molecule has 18 heavy (non-hydrogen) atoms. The van der Waals surface area contributed by atoms with Gasteiger partial charge in [0.2, 0.25) is 0 Å². The zero-order valence-electron chi connectivity index (χ0n) is 10.5. The average molecular weight is 356 g/mol. The summed E-state index contributed by atoms with van der Waals surface area (Å²) in [6.07, 6.45) is 1.47. The maximum Gasteiger partial charge on any atom is 0.254 e. The zero-order chi connectivity index (χ0) is 13.8. The lowest BCUT2D eigenvalue weighted by molar-refractivity contribution is 0.220. The van der Waals surface area contributed by atoms with Gasteiger partial charge in [-0.2, -0.15) is 4.31 Å². The Kier molecular flexibility index (Phi) is 6.26. The Balaban J connectivity index is 3.16. The normalized spacial score (nSPS) is 12.6. The number of thiophene rings is 1. The molecule has 0 aliphatic rings. The summed E-state index contributed by atoms with van der Waals surface area (Å²) in [5.41, 5.74) is 0. The maximum absolute atomic E-state index is 12.6. The molecule has 0 amide bonds. The van der Waals surface area contributed by atoms with Gasteiger partial charge in [0.15, 0.2) is 0 Å². The molecule has 4 nitrogen and oxygen atoms in total. The van der Waals surface area contributed by atoms with E-state index < -0.39 is 10.0 Å². The molecule has 104 valence electrons. The highest BCUT2D eigenvalue weighted by Crippen LogP contribution is 2.31. The van der Waals surface area contributed by atoms with Crippen molar-refractivity contribution >= 4 is 37.3 Å². The summed E-state index contributed by atoms with van der Waals surface area (Å²) in [5.74, 6) is 0.